The third kappa shape index (κ3) is 1.97. The predicted molar refractivity (Wildman–Crippen MR) is 64.9 cm³/mol. The van der Waals surface area contributed by atoms with Crippen LogP contribution in [0.15, 0.2) is 18.3 Å². The van der Waals surface area contributed by atoms with Crippen molar-refractivity contribution in [3.05, 3.63) is 29.8 Å². The quantitative estimate of drug-likeness (QED) is 0.869. The predicted octanol–water partition coefficient (Wildman–Crippen LogP) is 2.92. The topological polar surface area (TPSA) is 24.9 Å². The lowest BCUT2D eigenvalue weighted by Gasteiger charge is -2.29. The van der Waals surface area contributed by atoms with Crippen LogP contribution in [-0.2, 0) is 0 Å². The Hall–Kier alpha value is -0.960. The SMILES string of the molecule is CNC(c1ccc(F)cn1)C1CC2CCC1C2. The standard InChI is InChI=1S/C14H19FN2/c1-16-14(13-5-4-11(15)8-17-13)12-7-9-2-3-10(12)6-9/h4-5,8-10,12,14,16H,2-3,6-7H2,1H3. The molecule has 3 rings (SSSR count). The van der Waals surface area contributed by atoms with Gasteiger partial charge < -0.3 is 5.32 Å². The Morgan fingerprint density at radius 3 is 2.76 bits per heavy atom. The number of nitrogens with one attached hydrogen (secondary N) is 1. The molecule has 3 heteroatoms. The highest BCUT2D eigenvalue weighted by molar-refractivity contribution is 5.13. The number of nitrogens with zero attached hydrogens (tertiary/aromatic N) is 1. The van der Waals surface area contributed by atoms with Gasteiger partial charge in [0.1, 0.15) is 5.82 Å². The van der Waals surface area contributed by atoms with Crippen molar-refractivity contribution in [2.24, 2.45) is 17.8 Å². The lowest BCUT2D eigenvalue weighted by molar-refractivity contribution is 0.256. The molecule has 1 heterocycles. The summed E-state index contributed by atoms with van der Waals surface area (Å²) in [5.41, 5.74) is 0.992. The van der Waals surface area contributed by atoms with Crippen molar-refractivity contribution >= 4 is 0 Å². The number of hydrogen-bond acceptors (Lipinski definition) is 2. The first-order valence-electron chi connectivity index (χ1n) is 6.56. The zero-order valence-corrected chi connectivity index (χ0v) is 10.2. The molecule has 17 heavy (non-hydrogen) atoms. The molecule has 2 nitrogen and oxygen atoms in total. The van der Waals surface area contributed by atoms with Gasteiger partial charge in [-0.2, -0.15) is 0 Å². The fraction of sp³-hybridized carbons (Fsp3) is 0.643. The van der Waals surface area contributed by atoms with E-state index in [1.807, 2.05) is 13.1 Å². The summed E-state index contributed by atoms with van der Waals surface area (Å²) >= 11 is 0. The van der Waals surface area contributed by atoms with Crippen LogP contribution in [0.5, 0.6) is 0 Å². The molecule has 0 aromatic carbocycles. The van der Waals surface area contributed by atoms with Gasteiger partial charge in [0.15, 0.2) is 0 Å². The minimum Gasteiger partial charge on any atom is -0.311 e. The van der Waals surface area contributed by atoms with Gasteiger partial charge >= 0.3 is 0 Å². The number of aromatic nitrogens is 1. The fourth-order valence-electron chi connectivity index (χ4n) is 3.85. The first-order valence-corrected chi connectivity index (χ1v) is 6.56. The molecular weight excluding hydrogens is 215 g/mol. The van der Waals surface area contributed by atoms with E-state index in [-0.39, 0.29) is 5.82 Å². The molecule has 2 aliphatic carbocycles. The molecule has 2 bridgehead atoms. The van der Waals surface area contributed by atoms with E-state index in [1.54, 1.807) is 0 Å². The Labute approximate surface area is 102 Å². The van der Waals surface area contributed by atoms with E-state index in [0.29, 0.717) is 12.0 Å². The van der Waals surface area contributed by atoms with Crippen molar-refractivity contribution in [1.29, 1.82) is 0 Å². The first kappa shape index (κ1) is 11.1. The molecule has 0 amide bonds. The van der Waals surface area contributed by atoms with E-state index in [1.165, 1.54) is 37.9 Å². The number of halogens is 1. The maximum absolute atomic E-state index is 12.9. The van der Waals surface area contributed by atoms with Crippen molar-refractivity contribution < 1.29 is 4.39 Å². The average molecular weight is 234 g/mol. The molecule has 4 atom stereocenters. The maximum atomic E-state index is 12.9. The first-order chi connectivity index (χ1) is 8.28. The van der Waals surface area contributed by atoms with Crippen molar-refractivity contribution in [2.75, 3.05) is 7.05 Å². The summed E-state index contributed by atoms with van der Waals surface area (Å²) in [6.07, 6.45) is 6.81. The molecule has 0 radical (unpaired) electrons. The Bertz CT molecular complexity index is 390. The van der Waals surface area contributed by atoms with E-state index >= 15 is 0 Å². The number of fused-ring (bicyclic) bond motifs is 2. The van der Waals surface area contributed by atoms with E-state index in [0.717, 1.165) is 17.5 Å². The van der Waals surface area contributed by atoms with Crippen LogP contribution in [0.1, 0.15) is 37.4 Å². The van der Waals surface area contributed by atoms with Crippen molar-refractivity contribution in [1.82, 2.24) is 10.3 Å². The Kier molecular flexibility index (Phi) is 2.87. The third-order valence-electron chi connectivity index (χ3n) is 4.60. The van der Waals surface area contributed by atoms with Gasteiger partial charge in [-0.25, -0.2) is 4.39 Å². The fourth-order valence-corrected chi connectivity index (χ4v) is 3.85. The van der Waals surface area contributed by atoms with E-state index in [4.69, 9.17) is 0 Å². The highest BCUT2D eigenvalue weighted by Gasteiger charge is 2.43. The Morgan fingerprint density at radius 1 is 1.35 bits per heavy atom. The summed E-state index contributed by atoms with van der Waals surface area (Å²) in [6.45, 7) is 0. The Morgan fingerprint density at radius 2 is 2.24 bits per heavy atom. The normalized spacial score (nSPS) is 32.9. The van der Waals surface area contributed by atoms with Crippen LogP contribution in [0.2, 0.25) is 0 Å². The van der Waals surface area contributed by atoms with E-state index in [9.17, 15) is 4.39 Å². The van der Waals surface area contributed by atoms with E-state index in [2.05, 4.69) is 10.3 Å². The van der Waals surface area contributed by atoms with Crippen molar-refractivity contribution in [2.45, 2.75) is 31.7 Å². The second-order valence-electron chi connectivity index (χ2n) is 5.51. The number of rotatable bonds is 3. The largest absolute Gasteiger partial charge is 0.311 e. The smallest absolute Gasteiger partial charge is 0.141 e. The van der Waals surface area contributed by atoms with Gasteiger partial charge in [-0.15, -0.1) is 0 Å². The molecule has 0 saturated heterocycles. The minimum absolute atomic E-state index is 0.253. The lowest BCUT2D eigenvalue weighted by atomic mass is 9.82. The molecule has 0 spiro atoms. The summed E-state index contributed by atoms with van der Waals surface area (Å²) in [4.78, 5) is 4.24. The monoisotopic (exact) mass is 234 g/mol. The second kappa shape index (κ2) is 4.37. The van der Waals surface area contributed by atoms with Crippen LogP contribution in [0.4, 0.5) is 4.39 Å². The van der Waals surface area contributed by atoms with Gasteiger partial charge in [0, 0.05) is 0 Å². The van der Waals surface area contributed by atoms with Gasteiger partial charge in [-0.05, 0) is 56.2 Å². The summed E-state index contributed by atoms with van der Waals surface area (Å²) in [7, 11) is 1.99. The maximum Gasteiger partial charge on any atom is 0.141 e. The number of hydrogen-bond donors (Lipinski definition) is 1. The van der Waals surface area contributed by atoms with Crippen LogP contribution in [-0.4, -0.2) is 12.0 Å². The molecule has 1 aromatic rings. The highest BCUT2D eigenvalue weighted by Crippen LogP contribution is 2.52. The molecule has 1 N–H and O–H groups in total. The zero-order chi connectivity index (χ0) is 11.8. The summed E-state index contributed by atoms with van der Waals surface area (Å²) in [6, 6.07) is 3.63. The second-order valence-corrected chi connectivity index (χ2v) is 5.51. The summed E-state index contributed by atoms with van der Waals surface area (Å²) in [5, 5.41) is 3.38. The molecule has 4 unspecified atom stereocenters. The van der Waals surface area contributed by atoms with Crippen LogP contribution in [0, 0.1) is 23.6 Å². The van der Waals surface area contributed by atoms with Gasteiger partial charge in [0.05, 0.1) is 17.9 Å². The molecule has 2 aliphatic rings. The minimum atomic E-state index is -0.253. The summed E-state index contributed by atoms with van der Waals surface area (Å²) in [5.74, 6) is 2.22. The van der Waals surface area contributed by atoms with Crippen LogP contribution in [0.3, 0.4) is 0 Å². The summed E-state index contributed by atoms with van der Waals surface area (Å²) < 4.78 is 12.9. The van der Waals surface area contributed by atoms with Crippen molar-refractivity contribution in [3.8, 4) is 0 Å². The van der Waals surface area contributed by atoms with Gasteiger partial charge in [0.25, 0.3) is 0 Å². The highest BCUT2D eigenvalue weighted by atomic mass is 19.1. The molecular formula is C14H19FN2. The zero-order valence-electron chi connectivity index (χ0n) is 10.2. The molecule has 92 valence electrons. The molecule has 1 aromatic heterocycles. The van der Waals surface area contributed by atoms with Gasteiger partial charge in [-0.1, -0.05) is 6.42 Å². The van der Waals surface area contributed by atoms with Crippen LogP contribution in [0.25, 0.3) is 0 Å². The van der Waals surface area contributed by atoms with Crippen molar-refractivity contribution in [3.63, 3.8) is 0 Å². The van der Waals surface area contributed by atoms with Gasteiger partial charge in [0.2, 0.25) is 0 Å². The average Bonchev–Trinajstić information content (AvgIpc) is 2.95. The Balaban J connectivity index is 1.81. The molecule has 0 aliphatic heterocycles. The van der Waals surface area contributed by atoms with E-state index < -0.39 is 0 Å². The van der Waals surface area contributed by atoms with Gasteiger partial charge in [-0.3, -0.25) is 4.98 Å². The van der Waals surface area contributed by atoms with Crippen LogP contribution >= 0.6 is 0 Å². The van der Waals surface area contributed by atoms with Crippen LogP contribution < -0.4 is 5.32 Å². The lowest BCUT2D eigenvalue weighted by Crippen LogP contribution is -2.29. The third-order valence-corrected chi connectivity index (χ3v) is 4.60. The molecule has 2 saturated carbocycles. The number of pyridine rings is 1. The molecule has 2 fully saturated rings.